The van der Waals surface area contributed by atoms with Gasteiger partial charge in [0.2, 0.25) is 5.91 Å². The second-order valence-corrected chi connectivity index (χ2v) is 7.35. The largest absolute Gasteiger partial charge is 0.416 e. The number of halogens is 5. The van der Waals surface area contributed by atoms with Gasteiger partial charge in [-0.15, -0.1) is 0 Å². The summed E-state index contributed by atoms with van der Waals surface area (Å²) in [5.74, 6) is -2.73. The first-order valence-electron chi connectivity index (χ1n) is 9.10. The first kappa shape index (κ1) is 20.6. The summed E-state index contributed by atoms with van der Waals surface area (Å²) < 4.78 is 54.6. The van der Waals surface area contributed by atoms with Crippen molar-refractivity contribution in [2.75, 3.05) is 0 Å². The van der Waals surface area contributed by atoms with Crippen LogP contribution in [0.25, 0.3) is 0 Å². The second-order valence-electron chi connectivity index (χ2n) is 6.95. The maximum atomic E-state index is 14.0. The summed E-state index contributed by atoms with van der Waals surface area (Å²) in [5, 5.41) is 2.68. The molecule has 1 unspecified atom stereocenters. The van der Waals surface area contributed by atoms with Gasteiger partial charge in [0.25, 0.3) is 0 Å². The number of amides is 1. The van der Waals surface area contributed by atoms with Crippen LogP contribution in [0.1, 0.15) is 54.7 Å². The van der Waals surface area contributed by atoms with E-state index in [2.05, 4.69) is 11.4 Å². The van der Waals surface area contributed by atoms with Crippen LogP contribution in [0.2, 0.25) is 5.02 Å². The van der Waals surface area contributed by atoms with Crippen LogP contribution in [-0.4, -0.2) is 11.9 Å². The lowest BCUT2D eigenvalue weighted by atomic mass is 9.86. The molecule has 1 aliphatic carbocycles. The minimum absolute atomic E-state index is 0.0982. The maximum Gasteiger partial charge on any atom is 0.416 e. The summed E-state index contributed by atoms with van der Waals surface area (Å²) in [6.07, 6.45) is -0.132. The van der Waals surface area contributed by atoms with E-state index in [0.717, 1.165) is 44.2 Å². The molecule has 2 aromatic carbocycles. The molecule has 1 radical (unpaired) electrons. The molecule has 2 aromatic rings. The Morgan fingerprint density at radius 2 is 1.89 bits per heavy atom. The molecule has 0 aromatic heterocycles. The average Bonchev–Trinajstić information content (AvgIpc) is 2.65. The van der Waals surface area contributed by atoms with Gasteiger partial charge in [0.05, 0.1) is 16.5 Å². The summed E-state index contributed by atoms with van der Waals surface area (Å²) in [7, 11) is 0. The summed E-state index contributed by atoms with van der Waals surface area (Å²) in [6, 6.07) is 9.51. The summed E-state index contributed by atoms with van der Waals surface area (Å²) >= 11 is 5.71. The van der Waals surface area contributed by atoms with E-state index in [1.165, 1.54) is 24.3 Å². The van der Waals surface area contributed by atoms with E-state index in [4.69, 9.17) is 11.6 Å². The Bertz CT molecular complexity index is 847. The number of carbonyl (C=O) groups is 1. The third kappa shape index (κ3) is 4.66. The fraction of sp³-hybridized carbons (Fsp3) is 0.381. The van der Waals surface area contributed by atoms with E-state index in [9.17, 15) is 22.4 Å². The number of carbonyl (C=O) groups excluding carboxylic acids is 1. The molecule has 0 spiro atoms. The molecule has 0 bridgehead atoms. The Morgan fingerprint density at radius 1 is 1.18 bits per heavy atom. The van der Waals surface area contributed by atoms with Crippen molar-refractivity contribution >= 4 is 17.5 Å². The van der Waals surface area contributed by atoms with Crippen LogP contribution >= 0.6 is 11.6 Å². The molecule has 149 valence electrons. The van der Waals surface area contributed by atoms with Crippen LogP contribution < -0.4 is 5.32 Å². The lowest BCUT2D eigenvalue weighted by molar-refractivity contribution is -0.138. The quantitative estimate of drug-likeness (QED) is 0.624. The molecule has 0 heterocycles. The first-order valence-corrected chi connectivity index (χ1v) is 9.48. The number of benzene rings is 2. The number of rotatable bonds is 4. The molecule has 1 atom stereocenters. The number of nitrogens with one attached hydrogen (secondary N) is 1. The fourth-order valence-electron chi connectivity index (χ4n) is 3.61. The Balaban J connectivity index is 2.04. The predicted octanol–water partition coefficient (Wildman–Crippen LogP) is 5.88. The lowest BCUT2D eigenvalue weighted by Crippen LogP contribution is -2.40. The molecule has 0 saturated heterocycles. The molecule has 28 heavy (non-hydrogen) atoms. The van der Waals surface area contributed by atoms with Crippen molar-refractivity contribution in [3.8, 4) is 0 Å². The topological polar surface area (TPSA) is 29.1 Å². The Kier molecular flexibility index (Phi) is 6.28. The normalized spacial score (nSPS) is 16.6. The van der Waals surface area contributed by atoms with Gasteiger partial charge >= 0.3 is 6.18 Å². The van der Waals surface area contributed by atoms with Crippen LogP contribution in [-0.2, 0) is 11.0 Å². The summed E-state index contributed by atoms with van der Waals surface area (Å²) in [4.78, 5) is 13.0. The van der Waals surface area contributed by atoms with Crippen LogP contribution in [0, 0.1) is 11.9 Å². The van der Waals surface area contributed by atoms with Crippen LogP contribution in [0.5, 0.6) is 0 Å². The predicted molar refractivity (Wildman–Crippen MR) is 98.5 cm³/mol. The van der Waals surface area contributed by atoms with Crippen molar-refractivity contribution in [1.82, 2.24) is 5.32 Å². The number of hydrogen-bond acceptors (Lipinski definition) is 1. The van der Waals surface area contributed by atoms with Crippen LogP contribution in [0.15, 0.2) is 36.4 Å². The highest BCUT2D eigenvalue weighted by Crippen LogP contribution is 2.38. The van der Waals surface area contributed by atoms with E-state index in [1.54, 1.807) is 0 Å². The Labute approximate surface area is 165 Å². The maximum absolute atomic E-state index is 14.0. The zero-order valence-corrected chi connectivity index (χ0v) is 15.7. The molecule has 1 amide bonds. The van der Waals surface area contributed by atoms with Gasteiger partial charge in [-0.1, -0.05) is 49.1 Å². The Hall–Kier alpha value is -2.08. The monoisotopic (exact) mass is 412 g/mol. The van der Waals surface area contributed by atoms with Gasteiger partial charge in [-0.25, -0.2) is 4.39 Å². The highest BCUT2D eigenvalue weighted by atomic mass is 35.5. The fourth-order valence-corrected chi connectivity index (χ4v) is 3.73. The van der Waals surface area contributed by atoms with Crippen LogP contribution in [0.3, 0.4) is 0 Å². The molecule has 1 fully saturated rings. The Morgan fingerprint density at radius 3 is 2.54 bits per heavy atom. The standard InChI is InChI=1S/C21H19ClF4NO/c22-17-11-10-13(12-18(17)23)19(20(28)27-14-6-2-1-3-7-14)15-8-4-5-9-16(15)21(24,25)26/h4-5,9-12,14,19H,1-3,6-7H2,(H,27,28). The van der Waals surface area contributed by atoms with Gasteiger partial charge < -0.3 is 5.32 Å². The minimum Gasteiger partial charge on any atom is -0.353 e. The third-order valence-electron chi connectivity index (χ3n) is 4.97. The van der Waals surface area contributed by atoms with Crippen molar-refractivity contribution < 1.29 is 22.4 Å². The molecular formula is C21H19ClF4NO. The molecular weight excluding hydrogens is 394 g/mol. The molecule has 1 N–H and O–H groups in total. The van der Waals surface area contributed by atoms with Gasteiger partial charge in [-0.2, -0.15) is 13.2 Å². The molecule has 0 aliphatic heterocycles. The van der Waals surface area contributed by atoms with Crippen LogP contribution in [0.4, 0.5) is 17.6 Å². The van der Waals surface area contributed by atoms with Crippen molar-refractivity contribution in [3.05, 3.63) is 70.0 Å². The molecule has 3 rings (SSSR count). The zero-order valence-electron chi connectivity index (χ0n) is 15.0. The van der Waals surface area contributed by atoms with E-state index in [-0.39, 0.29) is 22.2 Å². The molecule has 1 saturated carbocycles. The molecule has 7 heteroatoms. The van der Waals surface area contributed by atoms with Crippen molar-refractivity contribution in [3.63, 3.8) is 0 Å². The zero-order chi connectivity index (χ0) is 20.3. The third-order valence-corrected chi connectivity index (χ3v) is 5.28. The minimum atomic E-state index is -4.67. The van der Waals surface area contributed by atoms with E-state index in [1.807, 2.05) is 0 Å². The summed E-state index contributed by atoms with van der Waals surface area (Å²) in [6.45, 7) is 0. The summed E-state index contributed by atoms with van der Waals surface area (Å²) in [5.41, 5.74) is -1.19. The highest BCUT2D eigenvalue weighted by Gasteiger charge is 2.38. The SMILES string of the molecule is O=C(NC1CCCCC1)C(c1ccc(Cl)c(F)c1)c1[c]cccc1C(F)(F)F. The van der Waals surface area contributed by atoms with Gasteiger partial charge in [0.1, 0.15) is 5.82 Å². The molecule has 2 nitrogen and oxygen atoms in total. The first-order chi connectivity index (χ1) is 13.3. The van der Waals surface area contributed by atoms with Gasteiger partial charge in [-0.3, -0.25) is 4.79 Å². The molecule has 1 aliphatic rings. The average molecular weight is 413 g/mol. The van der Waals surface area contributed by atoms with Gasteiger partial charge in [0, 0.05) is 6.04 Å². The lowest BCUT2D eigenvalue weighted by Gasteiger charge is -2.27. The second kappa shape index (κ2) is 8.52. The highest BCUT2D eigenvalue weighted by molar-refractivity contribution is 6.30. The number of alkyl halides is 3. The van der Waals surface area contributed by atoms with Gasteiger partial charge in [-0.05, 0) is 48.2 Å². The van der Waals surface area contributed by atoms with E-state index in [0.29, 0.717) is 0 Å². The smallest absolute Gasteiger partial charge is 0.353 e. The number of hydrogen-bond donors (Lipinski definition) is 1. The van der Waals surface area contributed by atoms with Gasteiger partial charge in [0.15, 0.2) is 0 Å². The van der Waals surface area contributed by atoms with E-state index >= 15 is 0 Å². The van der Waals surface area contributed by atoms with Crippen molar-refractivity contribution in [2.45, 2.75) is 50.2 Å². The van der Waals surface area contributed by atoms with Crippen molar-refractivity contribution in [2.24, 2.45) is 0 Å². The van der Waals surface area contributed by atoms with E-state index < -0.39 is 29.4 Å². The van der Waals surface area contributed by atoms with Crippen molar-refractivity contribution in [1.29, 1.82) is 0 Å².